The van der Waals surface area contributed by atoms with Crippen LogP contribution in [-0.2, 0) is 0 Å². The maximum Gasteiger partial charge on any atom is 0.0195 e. The molecule has 0 bridgehead atoms. The third kappa shape index (κ3) is 5.14. The van der Waals surface area contributed by atoms with E-state index in [-0.39, 0.29) is 0 Å². The zero-order valence-electron chi connectivity index (χ0n) is 15.0. The lowest BCUT2D eigenvalue weighted by Crippen LogP contribution is -2.39. The molecular formula is C20H35N. The Labute approximate surface area is 132 Å². The van der Waals surface area contributed by atoms with E-state index in [0.717, 1.165) is 12.5 Å². The van der Waals surface area contributed by atoms with E-state index < -0.39 is 0 Å². The van der Waals surface area contributed by atoms with Crippen molar-refractivity contribution < 1.29 is 0 Å². The smallest absolute Gasteiger partial charge is 0.0195 e. The van der Waals surface area contributed by atoms with Gasteiger partial charge in [0, 0.05) is 19.1 Å². The van der Waals surface area contributed by atoms with Crippen molar-refractivity contribution >= 4 is 0 Å². The van der Waals surface area contributed by atoms with Gasteiger partial charge >= 0.3 is 0 Å². The highest BCUT2D eigenvalue weighted by Crippen LogP contribution is 2.28. The first-order chi connectivity index (χ1) is 10.1. The van der Waals surface area contributed by atoms with Crippen LogP contribution in [0.4, 0.5) is 0 Å². The zero-order chi connectivity index (χ0) is 15.8. The predicted molar refractivity (Wildman–Crippen MR) is 95.7 cm³/mol. The van der Waals surface area contributed by atoms with Gasteiger partial charge in [-0.2, -0.15) is 0 Å². The fourth-order valence-corrected chi connectivity index (χ4v) is 3.54. The summed E-state index contributed by atoms with van der Waals surface area (Å²) in [7, 11) is 0. The van der Waals surface area contributed by atoms with Gasteiger partial charge in [0.1, 0.15) is 0 Å². The second-order valence-corrected chi connectivity index (χ2v) is 6.51. The first kappa shape index (κ1) is 18.2. The predicted octanol–water partition coefficient (Wildman–Crippen LogP) is 5.89. The molecule has 0 spiro atoms. The minimum Gasteiger partial charge on any atom is -0.296 e. The Balaban J connectivity index is 2.77. The van der Waals surface area contributed by atoms with E-state index in [9.17, 15) is 0 Å². The summed E-state index contributed by atoms with van der Waals surface area (Å²) in [5.74, 6) is 0. The van der Waals surface area contributed by atoms with Gasteiger partial charge in [0.2, 0.25) is 0 Å². The van der Waals surface area contributed by atoms with Gasteiger partial charge in [0.05, 0.1) is 0 Å². The highest BCUT2D eigenvalue weighted by atomic mass is 15.2. The van der Waals surface area contributed by atoms with E-state index in [2.05, 4.69) is 52.2 Å². The number of allylic oxidation sites excluding steroid dienone is 3. The summed E-state index contributed by atoms with van der Waals surface area (Å²) in [4.78, 5) is 2.68. The van der Waals surface area contributed by atoms with Gasteiger partial charge in [0.25, 0.3) is 0 Å². The van der Waals surface area contributed by atoms with E-state index in [4.69, 9.17) is 0 Å². The monoisotopic (exact) mass is 289 g/mol. The van der Waals surface area contributed by atoms with Crippen molar-refractivity contribution in [2.24, 2.45) is 0 Å². The second-order valence-electron chi connectivity index (χ2n) is 6.51. The van der Waals surface area contributed by atoms with E-state index in [1.807, 2.05) is 0 Å². The molecule has 0 aliphatic carbocycles. The molecule has 1 heteroatoms. The van der Waals surface area contributed by atoms with Gasteiger partial charge in [-0.25, -0.2) is 0 Å². The molecule has 0 aromatic carbocycles. The maximum absolute atomic E-state index is 3.99. The van der Waals surface area contributed by atoms with E-state index in [0.29, 0.717) is 0 Å². The minimum absolute atomic E-state index is 0.766. The summed E-state index contributed by atoms with van der Waals surface area (Å²) in [6.45, 7) is 17.9. The Morgan fingerprint density at radius 3 is 2.43 bits per heavy atom. The van der Waals surface area contributed by atoms with Gasteiger partial charge in [-0.05, 0) is 51.5 Å². The van der Waals surface area contributed by atoms with Gasteiger partial charge < -0.3 is 0 Å². The first-order valence-electron chi connectivity index (χ1n) is 8.79. The van der Waals surface area contributed by atoms with Crippen LogP contribution in [0.2, 0.25) is 0 Å². The fourth-order valence-electron chi connectivity index (χ4n) is 3.54. The highest BCUT2D eigenvalue weighted by Gasteiger charge is 2.21. The lowest BCUT2D eigenvalue weighted by Gasteiger charge is -2.35. The van der Waals surface area contributed by atoms with E-state index >= 15 is 0 Å². The highest BCUT2D eigenvalue weighted by molar-refractivity contribution is 5.30. The SMILES string of the molecule is C=C/C(CCC)=C(/C)CC1=C(C)CN(C(CC)CC)CC1. The summed E-state index contributed by atoms with van der Waals surface area (Å²) >= 11 is 0. The number of nitrogens with zero attached hydrogens (tertiary/aromatic N) is 1. The molecule has 0 aromatic rings. The van der Waals surface area contributed by atoms with Crippen LogP contribution in [0.15, 0.2) is 34.9 Å². The average Bonchev–Trinajstić information content (AvgIpc) is 2.48. The molecule has 0 radical (unpaired) electrons. The van der Waals surface area contributed by atoms with Gasteiger partial charge in [-0.3, -0.25) is 4.90 Å². The van der Waals surface area contributed by atoms with Crippen molar-refractivity contribution in [1.82, 2.24) is 4.90 Å². The fraction of sp³-hybridized carbons (Fsp3) is 0.700. The Hall–Kier alpha value is -0.820. The van der Waals surface area contributed by atoms with Crippen molar-refractivity contribution in [3.63, 3.8) is 0 Å². The van der Waals surface area contributed by atoms with Crippen LogP contribution in [0.5, 0.6) is 0 Å². The zero-order valence-corrected chi connectivity index (χ0v) is 15.0. The van der Waals surface area contributed by atoms with Crippen molar-refractivity contribution in [2.45, 2.75) is 79.2 Å². The summed E-state index contributed by atoms with van der Waals surface area (Å²) in [5, 5.41) is 0. The van der Waals surface area contributed by atoms with Crippen molar-refractivity contribution in [1.29, 1.82) is 0 Å². The van der Waals surface area contributed by atoms with Crippen LogP contribution in [0.1, 0.15) is 73.1 Å². The molecule has 1 aliphatic heterocycles. The Morgan fingerprint density at radius 1 is 1.29 bits per heavy atom. The van der Waals surface area contributed by atoms with Crippen molar-refractivity contribution in [2.75, 3.05) is 13.1 Å². The summed E-state index contributed by atoms with van der Waals surface area (Å²) in [6, 6.07) is 0.766. The molecule has 120 valence electrons. The van der Waals surface area contributed by atoms with Crippen LogP contribution in [0, 0.1) is 0 Å². The Bertz CT molecular complexity index is 396. The third-order valence-corrected chi connectivity index (χ3v) is 5.00. The molecule has 1 nitrogen and oxygen atoms in total. The Kier molecular flexibility index (Phi) is 8.03. The molecule has 1 rings (SSSR count). The lowest BCUT2D eigenvalue weighted by atomic mass is 9.91. The van der Waals surface area contributed by atoms with Crippen LogP contribution < -0.4 is 0 Å². The van der Waals surface area contributed by atoms with Crippen LogP contribution in [0.3, 0.4) is 0 Å². The van der Waals surface area contributed by atoms with Crippen LogP contribution in [-0.4, -0.2) is 24.0 Å². The standard InChI is InChI=1S/C20H35N/c1-7-11-18(8-2)16(5)14-19-12-13-21(15-17(19)6)20(9-3)10-4/h8,20H,2,7,9-15H2,1,3-6H3/b18-16+. The molecule has 0 saturated carbocycles. The van der Waals surface area contributed by atoms with Gasteiger partial charge in [-0.1, -0.05) is 56.6 Å². The molecule has 0 saturated heterocycles. The largest absolute Gasteiger partial charge is 0.296 e. The molecule has 1 aliphatic rings. The second kappa shape index (κ2) is 9.25. The lowest BCUT2D eigenvalue weighted by molar-refractivity contribution is 0.193. The van der Waals surface area contributed by atoms with Crippen molar-refractivity contribution in [3.05, 3.63) is 34.9 Å². The van der Waals surface area contributed by atoms with E-state index in [1.165, 1.54) is 56.3 Å². The normalized spacial score (nSPS) is 18.2. The quantitative estimate of drug-likeness (QED) is 0.398. The summed E-state index contributed by atoms with van der Waals surface area (Å²) < 4.78 is 0. The molecule has 0 amide bonds. The topological polar surface area (TPSA) is 3.24 Å². The first-order valence-corrected chi connectivity index (χ1v) is 8.79. The van der Waals surface area contributed by atoms with Gasteiger partial charge in [0.15, 0.2) is 0 Å². The maximum atomic E-state index is 3.99. The molecule has 0 N–H and O–H groups in total. The van der Waals surface area contributed by atoms with Crippen molar-refractivity contribution in [3.8, 4) is 0 Å². The molecule has 1 heterocycles. The molecular weight excluding hydrogens is 254 g/mol. The number of rotatable bonds is 8. The summed E-state index contributed by atoms with van der Waals surface area (Å²) in [6.07, 6.45) is 9.39. The van der Waals surface area contributed by atoms with E-state index in [1.54, 1.807) is 11.1 Å². The molecule has 21 heavy (non-hydrogen) atoms. The van der Waals surface area contributed by atoms with Crippen LogP contribution >= 0.6 is 0 Å². The molecule has 0 aromatic heterocycles. The molecule has 0 unspecified atom stereocenters. The summed E-state index contributed by atoms with van der Waals surface area (Å²) in [5.41, 5.74) is 6.26. The van der Waals surface area contributed by atoms with Crippen LogP contribution in [0.25, 0.3) is 0 Å². The Morgan fingerprint density at radius 2 is 1.95 bits per heavy atom. The third-order valence-electron chi connectivity index (χ3n) is 5.00. The number of hydrogen-bond acceptors (Lipinski definition) is 1. The minimum atomic E-state index is 0.766. The van der Waals surface area contributed by atoms with Gasteiger partial charge in [-0.15, -0.1) is 0 Å². The number of hydrogen-bond donors (Lipinski definition) is 0. The average molecular weight is 290 g/mol. The molecule has 0 atom stereocenters. The molecule has 0 fully saturated rings.